The van der Waals surface area contributed by atoms with Gasteiger partial charge in [0.15, 0.2) is 0 Å². The first-order valence-corrected chi connectivity index (χ1v) is 7.86. The summed E-state index contributed by atoms with van der Waals surface area (Å²) in [6.07, 6.45) is 4.62. The Bertz CT molecular complexity index is 586. The topological polar surface area (TPSA) is 24.9 Å². The standard InChI is InChI=1S/C16H18BrClN2/c1-3-20-16(8-12-7-14(17)10-19-9-12)13-4-5-15(18)11(2)6-13/h4-7,9-10,16,20H,3,8H2,1-2H3. The zero-order valence-corrected chi connectivity index (χ0v) is 14.0. The molecule has 0 aliphatic rings. The lowest BCUT2D eigenvalue weighted by molar-refractivity contribution is 0.549. The Morgan fingerprint density at radius 1 is 1.30 bits per heavy atom. The van der Waals surface area contributed by atoms with Crippen LogP contribution in [0, 0.1) is 6.92 Å². The van der Waals surface area contributed by atoms with Crippen molar-refractivity contribution in [3.8, 4) is 0 Å². The van der Waals surface area contributed by atoms with E-state index in [4.69, 9.17) is 11.6 Å². The molecular formula is C16H18BrClN2. The molecule has 2 nitrogen and oxygen atoms in total. The van der Waals surface area contributed by atoms with E-state index in [-0.39, 0.29) is 6.04 Å². The van der Waals surface area contributed by atoms with Crippen molar-refractivity contribution in [2.24, 2.45) is 0 Å². The highest BCUT2D eigenvalue weighted by atomic mass is 79.9. The number of rotatable bonds is 5. The highest BCUT2D eigenvalue weighted by Crippen LogP contribution is 2.24. The summed E-state index contributed by atoms with van der Waals surface area (Å²) < 4.78 is 1.01. The first-order chi connectivity index (χ1) is 9.60. The van der Waals surface area contributed by atoms with Gasteiger partial charge in [-0.05, 0) is 64.6 Å². The van der Waals surface area contributed by atoms with Gasteiger partial charge in [0.1, 0.15) is 0 Å². The Hall–Kier alpha value is -0.900. The van der Waals surface area contributed by atoms with Crippen LogP contribution in [0.5, 0.6) is 0 Å². The van der Waals surface area contributed by atoms with Gasteiger partial charge in [-0.3, -0.25) is 4.98 Å². The number of hydrogen-bond acceptors (Lipinski definition) is 2. The fourth-order valence-corrected chi connectivity index (χ4v) is 2.77. The number of nitrogens with one attached hydrogen (secondary N) is 1. The fourth-order valence-electron chi connectivity index (χ4n) is 2.24. The number of aryl methyl sites for hydroxylation is 1. The number of halogens is 2. The molecule has 0 aliphatic heterocycles. The Balaban J connectivity index is 2.24. The number of benzene rings is 1. The van der Waals surface area contributed by atoms with Gasteiger partial charge in [0.05, 0.1) is 0 Å². The van der Waals surface area contributed by atoms with Crippen molar-refractivity contribution >= 4 is 27.5 Å². The molecule has 0 radical (unpaired) electrons. The summed E-state index contributed by atoms with van der Waals surface area (Å²) in [5.74, 6) is 0. The lowest BCUT2D eigenvalue weighted by Crippen LogP contribution is -2.23. The molecule has 1 atom stereocenters. The zero-order chi connectivity index (χ0) is 14.5. The van der Waals surface area contributed by atoms with E-state index in [0.29, 0.717) is 0 Å². The Labute approximate surface area is 133 Å². The molecule has 1 aromatic carbocycles. The van der Waals surface area contributed by atoms with Crippen molar-refractivity contribution < 1.29 is 0 Å². The minimum atomic E-state index is 0.270. The predicted octanol–water partition coefficient (Wildman–Crippen LogP) is 4.70. The first-order valence-electron chi connectivity index (χ1n) is 6.69. The largest absolute Gasteiger partial charge is 0.310 e. The van der Waals surface area contributed by atoms with Crippen LogP contribution in [0.15, 0.2) is 41.1 Å². The molecule has 0 spiro atoms. The van der Waals surface area contributed by atoms with E-state index in [9.17, 15) is 0 Å². The Kier molecular flexibility index (Phi) is 5.58. The SMILES string of the molecule is CCNC(Cc1cncc(Br)c1)c1ccc(Cl)c(C)c1. The van der Waals surface area contributed by atoms with Gasteiger partial charge in [-0.15, -0.1) is 0 Å². The van der Waals surface area contributed by atoms with E-state index in [1.54, 1.807) is 6.20 Å². The predicted molar refractivity (Wildman–Crippen MR) is 88.2 cm³/mol. The number of likely N-dealkylation sites (N-methyl/N-ethyl adjacent to an activating group) is 1. The van der Waals surface area contributed by atoms with Crippen molar-refractivity contribution in [3.05, 3.63) is 62.8 Å². The van der Waals surface area contributed by atoms with E-state index < -0.39 is 0 Å². The van der Waals surface area contributed by atoms with Crippen LogP contribution in [0.4, 0.5) is 0 Å². The van der Waals surface area contributed by atoms with E-state index >= 15 is 0 Å². The second kappa shape index (κ2) is 7.21. The number of hydrogen-bond donors (Lipinski definition) is 1. The summed E-state index contributed by atoms with van der Waals surface area (Å²) in [7, 11) is 0. The van der Waals surface area contributed by atoms with Crippen molar-refractivity contribution in [2.75, 3.05) is 6.54 Å². The third-order valence-corrected chi connectivity index (χ3v) is 4.09. The number of pyridine rings is 1. The Morgan fingerprint density at radius 3 is 2.75 bits per heavy atom. The van der Waals surface area contributed by atoms with Gasteiger partial charge in [0.2, 0.25) is 0 Å². The third-order valence-electron chi connectivity index (χ3n) is 3.24. The molecule has 0 saturated heterocycles. The maximum Gasteiger partial charge on any atom is 0.0435 e. The first kappa shape index (κ1) is 15.5. The second-order valence-electron chi connectivity index (χ2n) is 4.83. The number of aromatic nitrogens is 1. The molecule has 0 amide bonds. The average molecular weight is 354 g/mol. The molecule has 2 rings (SSSR count). The summed E-state index contributed by atoms with van der Waals surface area (Å²) >= 11 is 9.57. The minimum absolute atomic E-state index is 0.270. The summed E-state index contributed by atoms with van der Waals surface area (Å²) in [4.78, 5) is 4.23. The fraction of sp³-hybridized carbons (Fsp3) is 0.312. The molecule has 1 aromatic heterocycles. The normalized spacial score (nSPS) is 12.4. The average Bonchev–Trinajstić information content (AvgIpc) is 2.41. The van der Waals surface area contributed by atoms with Crippen molar-refractivity contribution in [2.45, 2.75) is 26.3 Å². The van der Waals surface area contributed by atoms with Crippen LogP contribution >= 0.6 is 27.5 Å². The molecule has 4 heteroatoms. The van der Waals surface area contributed by atoms with E-state index in [2.05, 4.69) is 51.4 Å². The molecule has 1 unspecified atom stereocenters. The van der Waals surface area contributed by atoms with Crippen molar-refractivity contribution in [1.82, 2.24) is 10.3 Å². The van der Waals surface area contributed by atoms with Crippen LogP contribution in [0.2, 0.25) is 5.02 Å². The zero-order valence-electron chi connectivity index (χ0n) is 11.7. The maximum atomic E-state index is 6.11. The van der Waals surface area contributed by atoms with Crippen LogP contribution < -0.4 is 5.32 Å². The second-order valence-corrected chi connectivity index (χ2v) is 6.16. The smallest absolute Gasteiger partial charge is 0.0435 e. The third kappa shape index (κ3) is 4.05. The number of nitrogens with zero attached hydrogens (tertiary/aromatic N) is 1. The Morgan fingerprint density at radius 2 is 2.10 bits per heavy atom. The molecular weight excluding hydrogens is 336 g/mol. The molecule has 20 heavy (non-hydrogen) atoms. The molecule has 106 valence electrons. The van der Waals surface area contributed by atoms with Crippen LogP contribution in [0.25, 0.3) is 0 Å². The molecule has 1 N–H and O–H groups in total. The molecule has 1 heterocycles. The quantitative estimate of drug-likeness (QED) is 0.843. The lowest BCUT2D eigenvalue weighted by Gasteiger charge is -2.19. The van der Waals surface area contributed by atoms with Crippen molar-refractivity contribution in [3.63, 3.8) is 0 Å². The van der Waals surface area contributed by atoms with Gasteiger partial charge in [0.25, 0.3) is 0 Å². The van der Waals surface area contributed by atoms with E-state index in [0.717, 1.165) is 28.0 Å². The van der Waals surface area contributed by atoms with E-state index in [1.807, 2.05) is 19.2 Å². The summed E-state index contributed by atoms with van der Waals surface area (Å²) in [5, 5.41) is 4.34. The lowest BCUT2D eigenvalue weighted by atomic mass is 9.98. The van der Waals surface area contributed by atoms with Crippen LogP contribution in [-0.2, 0) is 6.42 Å². The molecule has 0 saturated carbocycles. The van der Waals surface area contributed by atoms with Gasteiger partial charge >= 0.3 is 0 Å². The monoisotopic (exact) mass is 352 g/mol. The van der Waals surface area contributed by atoms with E-state index in [1.165, 1.54) is 11.1 Å². The van der Waals surface area contributed by atoms with Gasteiger partial charge in [-0.1, -0.05) is 30.7 Å². The van der Waals surface area contributed by atoms with Gasteiger partial charge in [-0.2, -0.15) is 0 Å². The van der Waals surface area contributed by atoms with Crippen molar-refractivity contribution in [1.29, 1.82) is 0 Å². The molecule has 0 aliphatic carbocycles. The maximum absolute atomic E-state index is 6.11. The molecule has 0 bridgehead atoms. The van der Waals surface area contributed by atoms with Crippen LogP contribution in [0.1, 0.15) is 29.7 Å². The summed E-state index contributed by atoms with van der Waals surface area (Å²) in [6, 6.07) is 8.59. The molecule has 2 aromatic rings. The minimum Gasteiger partial charge on any atom is -0.310 e. The highest BCUT2D eigenvalue weighted by molar-refractivity contribution is 9.10. The van der Waals surface area contributed by atoms with Crippen LogP contribution in [0.3, 0.4) is 0 Å². The van der Waals surface area contributed by atoms with Crippen LogP contribution in [-0.4, -0.2) is 11.5 Å². The summed E-state index contributed by atoms with van der Waals surface area (Å²) in [6.45, 7) is 5.08. The molecule has 0 fully saturated rings. The van der Waals surface area contributed by atoms with Gasteiger partial charge < -0.3 is 5.32 Å². The highest BCUT2D eigenvalue weighted by Gasteiger charge is 2.12. The van der Waals surface area contributed by atoms with Gasteiger partial charge in [-0.25, -0.2) is 0 Å². The van der Waals surface area contributed by atoms with Gasteiger partial charge in [0, 0.05) is 27.9 Å². The summed E-state index contributed by atoms with van der Waals surface area (Å²) in [5.41, 5.74) is 3.58.